The Morgan fingerprint density at radius 2 is 2.24 bits per heavy atom. The Hall–Kier alpha value is -2.10. The Balaban J connectivity index is 1.88. The summed E-state index contributed by atoms with van der Waals surface area (Å²) in [4.78, 5) is 15.8. The van der Waals surface area contributed by atoms with Gasteiger partial charge in [-0.25, -0.2) is 4.98 Å². The van der Waals surface area contributed by atoms with Crippen LogP contribution in [0.2, 0.25) is 0 Å². The van der Waals surface area contributed by atoms with Gasteiger partial charge in [0.05, 0.1) is 6.33 Å². The van der Waals surface area contributed by atoms with E-state index in [1.165, 1.54) is 0 Å². The van der Waals surface area contributed by atoms with Gasteiger partial charge in [0.15, 0.2) is 0 Å². The molecule has 2 rings (SSSR count). The Morgan fingerprint density at radius 1 is 1.41 bits per heavy atom. The Bertz CT molecular complexity index is 491. The minimum Gasteiger partial charge on any atom is -0.350 e. The molecule has 1 amide bonds. The lowest BCUT2D eigenvalue weighted by Crippen LogP contribution is -2.27. The quantitative estimate of drug-likeness (QED) is 0.866. The van der Waals surface area contributed by atoms with Crippen LogP contribution in [0.4, 0.5) is 0 Å². The molecule has 0 aliphatic rings. The van der Waals surface area contributed by atoms with E-state index in [-0.39, 0.29) is 5.91 Å². The van der Waals surface area contributed by atoms with Crippen molar-refractivity contribution in [3.8, 4) is 0 Å². The van der Waals surface area contributed by atoms with Gasteiger partial charge in [0.25, 0.3) is 5.91 Å². The van der Waals surface area contributed by atoms with Crippen molar-refractivity contribution in [2.24, 2.45) is 0 Å². The molecule has 0 atom stereocenters. The van der Waals surface area contributed by atoms with Gasteiger partial charge < -0.3 is 9.88 Å². The zero-order valence-electron chi connectivity index (χ0n) is 9.76. The van der Waals surface area contributed by atoms with Crippen LogP contribution in [0.25, 0.3) is 0 Å². The van der Waals surface area contributed by atoms with Gasteiger partial charge >= 0.3 is 0 Å². The third-order valence-electron chi connectivity index (χ3n) is 2.60. The fraction of sp³-hybridized carbons (Fsp3) is 0.231. The van der Waals surface area contributed by atoms with E-state index in [0.717, 1.165) is 17.7 Å². The van der Waals surface area contributed by atoms with E-state index in [1.807, 2.05) is 42.0 Å². The largest absolute Gasteiger partial charge is 0.350 e. The molecule has 0 spiro atoms. The smallest absolute Gasteiger partial charge is 0.251 e. The Morgan fingerprint density at radius 3 is 2.94 bits per heavy atom. The number of nitrogens with zero attached hydrogens (tertiary/aromatic N) is 2. The van der Waals surface area contributed by atoms with E-state index < -0.39 is 0 Å². The van der Waals surface area contributed by atoms with Crippen LogP contribution in [0.1, 0.15) is 15.9 Å². The fourth-order valence-corrected chi connectivity index (χ4v) is 1.64. The van der Waals surface area contributed by atoms with Crippen molar-refractivity contribution < 1.29 is 4.79 Å². The lowest BCUT2D eigenvalue weighted by molar-refractivity contribution is 0.0951. The molecule has 1 aromatic carbocycles. The third kappa shape index (κ3) is 2.93. The molecular formula is C13H15N3O. The summed E-state index contributed by atoms with van der Waals surface area (Å²) in [7, 11) is 0. The maximum atomic E-state index is 11.9. The van der Waals surface area contributed by atoms with Crippen molar-refractivity contribution in [3.05, 3.63) is 54.1 Å². The molecule has 1 aromatic heterocycles. The minimum absolute atomic E-state index is 0.0248. The zero-order chi connectivity index (χ0) is 12.1. The second kappa shape index (κ2) is 5.30. The first-order valence-corrected chi connectivity index (χ1v) is 5.57. The predicted octanol–water partition coefficient (Wildman–Crippen LogP) is 1.62. The second-order valence-electron chi connectivity index (χ2n) is 3.87. The molecule has 0 fully saturated rings. The maximum Gasteiger partial charge on any atom is 0.251 e. The number of carbonyl (C=O) groups excluding carboxylic acids is 1. The van der Waals surface area contributed by atoms with Crippen molar-refractivity contribution in [2.75, 3.05) is 6.54 Å². The number of benzene rings is 1. The maximum absolute atomic E-state index is 11.9. The molecular weight excluding hydrogens is 214 g/mol. The average molecular weight is 229 g/mol. The summed E-state index contributed by atoms with van der Waals surface area (Å²) < 4.78 is 1.93. The molecule has 0 radical (unpaired) electrons. The Kier molecular flexibility index (Phi) is 3.55. The third-order valence-corrected chi connectivity index (χ3v) is 2.60. The van der Waals surface area contributed by atoms with Crippen molar-refractivity contribution >= 4 is 5.91 Å². The number of hydrogen-bond donors (Lipinski definition) is 1. The standard InChI is InChI=1S/C13H15N3O/c1-11-4-2-3-5-12(11)13(17)15-7-9-16-8-6-14-10-16/h2-6,8,10H,7,9H2,1H3,(H,15,17). The van der Waals surface area contributed by atoms with Crippen LogP contribution in [0.15, 0.2) is 43.0 Å². The first-order valence-electron chi connectivity index (χ1n) is 5.57. The highest BCUT2D eigenvalue weighted by Gasteiger charge is 2.06. The number of imidazole rings is 1. The zero-order valence-corrected chi connectivity index (χ0v) is 9.76. The highest BCUT2D eigenvalue weighted by Crippen LogP contribution is 2.06. The molecule has 0 saturated heterocycles. The predicted molar refractivity (Wildman–Crippen MR) is 65.7 cm³/mol. The van der Waals surface area contributed by atoms with Crippen molar-refractivity contribution in [2.45, 2.75) is 13.5 Å². The van der Waals surface area contributed by atoms with Crippen LogP contribution in [0.5, 0.6) is 0 Å². The average Bonchev–Trinajstić information content (AvgIpc) is 2.82. The van der Waals surface area contributed by atoms with Crippen molar-refractivity contribution in [1.29, 1.82) is 0 Å². The summed E-state index contributed by atoms with van der Waals surface area (Å²) in [5.41, 5.74) is 1.73. The molecule has 0 saturated carbocycles. The van der Waals surface area contributed by atoms with E-state index in [1.54, 1.807) is 12.5 Å². The lowest BCUT2D eigenvalue weighted by atomic mass is 10.1. The van der Waals surface area contributed by atoms with Crippen LogP contribution in [-0.2, 0) is 6.54 Å². The van der Waals surface area contributed by atoms with Crippen molar-refractivity contribution in [3.63, 3.8) is 0 Å². The summed E-state index contributed by atoms with van der Waals surface area (Å²) in [5.74, 6) is -0.0248. The van der Waals surface area contributed by atoms with Gasteiger partial charge in [0.2, 0.25) is 0 Å². The summed E-state index contributed by atoms with van der Waals surface area (Å²) in [6.45, 7) is 3.27. The number of nitrogens with one attached hydrogen (secondary N) is 1. The highest BCUT2D eigenvalue weighted by molar-refractivity contribution is 5.95. The molecule has 0 aliphatic heterocycles. The van der Waals surface area contributed by atoms with Crippen molar-refractivity contribution in [1.82, 2.24) is 14.9 Å². The monoisotopic (exact) mass is 229 g/mol. The Labute approximate surface area is 100 Å². The lowest BCUT2D eigenvalue weighted by Gasteiger charge is -2.07. The van der Waals surface area contributed by atoms with Crippen LogP contribution in [0, 0.1) is 6.92 Å². The first-order chi connectivity index (χ1) is 8.27. The number of amides is 1. The molecule has 17 heavy (non-hydrogen) atoms. The molecule has 1 N–H and O–H groups in total. The molecule has 4 nitrogen and oxygen atoms in total. The molecule has 1 heterocycles. The van der Waals surface area contributed by atoms with Gasteiger partial charge in [0.1, 0.15) is 0 Å². The molecule has 0 unspecified atom stereocenters. The van der Waals surface area contributed by atoms with Crippen LogP contribution in [-0.4, -0.2) is 22.0 Å². The van der Waals surface area contributed by atoms with E-state index in [2.05, 4.69) is 10.3 Å². The number of rotatable bonds is 4. The topological polar surface area (TPSA) is 46.9 Å². The molecule has 0 bridgehead atoms. The van der Waals surface area contributed by atoms with E-state index >= 15 is 0 Å². The van der Waals surface area contributed by atoms with Crippen LogP contribution in [0.3, 0.4) is 0 Å². The summed E-state index contributed by atoms with van der Waals surface area (Å²) >= 11 is 0. The normalized spacial score (nSPS) is 10.2. The van der Waals surface area contributed by atoms with Gasteiger partial charge in [-0.3, -0.25) is 4.79 Å². The van der Waals surface area contributed by atoms with Gasteiger partial charge in [-0.05, 0) is 18.6 Å². The van der Waals surface area contributed by atoms with Gasteiger partial charge in [0, 0.05) is 31.0 Å². The first kappa shape index (κ1) is 11.4. The number of aryl methyl sites for hydroxylation is 1. The van der Waals surface area contributed by atoms with Crippen LogP contribution < -0.4 is 5.32 Å². The summed E-state index contributed by atoms with van der Waals surface area (Å²) in [6.07, 6.45) is 5.34. The number of carbonyl (C=O) groups is 1. The number of hydrogen-bond acceptors (Lipinski definition) is 2. The van der Waals surface area contributed by atoms with Gasteiger partial charge in [-0.1, -0.05) is 18.2 Å². The van der Waals surface area contributed by atoms with E-state index in [0.29, 0.717) is 6.54 Å². The fourth-order valence-electron chi connectivity index (χ4n) is 1.64. The number of aromatic nitrogens is 2. The minimum atomic E-state index is -0.0248. The summed E-state index contributed by atoms with van der Waals surface area (Å²) in [5, 5.41) is 2.89. The molecule has 4 heteroatoms. The summed E-state index contributed by atoms with van der Waals surface area (Å²) in [6, 6.07) is 7.57. The van der Waals surface area contributed by atoms with E-state index in [4.69, 9.17) is 0 Å². The van der Waals surface area contributed by atoms with Crippen LogP contribution >= 0.6 is 0 Å². The van der Waals surface area contributed by atoms with Gasteiger partial charge in [-0.2, -0.15) is 0 Å². The molecule has 2 aromatic rings. The SMILES string of the molecule is Cc1ccccc1C(=O)NCCn1ccnc1. The molecule has 0 aliphatic carbocycles. The second-order valence-corrected chi connectivity index (χ2v) is 3.87. The molecule has 88 valence electrons. The van der Waals surface area contributed by atoms with Gasteiger partial charge in [-0.15, -0.1) is 0 Å². The van der Waals surface area contributed by atoms with E-state index in [9.17, 15) is 4.79 Å². The highest BCUT2D eigenvalue weighted by atomic mass is 16.1.